The molecule has 0 aliphatic heterocycles. The van der Waals surface area contributed by atoms with Gasteiger partial charge in [0, 0.05) is 5.56 Å². The Kier molecular flexibility index (Phi) is 6.30. The number of benzene rings is 1. The van der Waals surface area contributed by atoms with Gasteiger partial charge in [0.2, 0.25) is 0 Å². The van der Waals surface area contributed by atoms with Gasteiger partial charge in [-0.2, -0.15) is 0 Å². The molecule has 0 aliphatic carbocycles. The molecule has 0 fully saturated rings. The second kappa shape index (κ2) is 7.52. The lowest BCUT2D eigenvalue weighted by atomic mass is 9.87. The maximum Gasteiger partial charge on any atom is 0.257 e. The molecular formula is C16H24N2O2S. The molecule has 1 rings (SSSR count). The third kappa shape index (κ3) is 5.44. The van der Waals surface area contributed by atoms with Gasteiger partial charge < -0.3 is 10.4 Å². The summed E-state index contributed by atoms with van der Waals surface area (Å²) in [6, 6.07) is 7.35. The van der Waals surface area contributed by atoms with Gasteiger partial charge in [0.1, 0.15) is 0 Å². The van der Waals surface area contributed by atoms with Crippen molar-refractivity contribution in [1.29, 1.82) is 0 Å². The van der Waals surface area contributed by atoms with Crippen molar-refractivity contribution in [3.63, 3.8) is 0 Å². The quantitative estimate of drug-likeness (QED) is 0.747. The number of amides is 1. The predicted octanol–water partition coefficient (Wildman–Crippen LogP) is 2.36. The summed E-state index contributed by atoms with van der Waals surface area (Å²) >= 11 is 5.07. The van der Waals surface area contributed by atoms with E-state index in [1.165, 1.54) is 5.56 Å². The van der Waals surface area contributed by atoms with Crippen LogP contribution in [-0.2, 0) is 5.41 Å². The maximum absolute atomic E-state index is 12.1. The molecule has 1 amide bonds. The summed E-state index contributed by atoms with van der Waals surface area (Å²) in [5, 5.41) is 14.9. The average Bonchev–Trinajstić information content (AvgIpc) is 2.43. The van der Waals surface area contributed by atoms with Crippen LogP contribution in [-0.4, -0.2) is 28.8 Å². The maximum atomic E-state index is 12.1. The van der Waals surface area contributed by atoms with Crippen LogP contribution in [0.4, 0.5) is 0 Å². The van der Waals surface area contributed by atoms with E-state index in [9.17, 15) is 4.79 Å². The van der Waals surface area contributed by atoms with Gasteiger partial charge in [0.15, 0.2) is 5.11 Å². The number of aliphatic hydroxyl groups is 1. The molecule has 116 valence electrons. The number of nitrogens with one attached hydrogen (secondary N) is 2. The van der Waals surface area contributed by atoms with Crippen LogP contribution in [0.3, 0.4) is 0 Å². The minimum absolute atomic E-state index is 0.0210. The van der Waals surface area contributed by atoms with E-state index in [0.717, 1.165) is 6.42 Å². The van der Waals surface area contributed by atoms with Crippen LogP contribution in [0, 0.1) is 0 Å². The van der Waals surface area contributed by atoms with E-state index in [0.29, 0.717) is 5.56 Å². The summed E-state index contributed by atoms with van der Waals surface area (Å²) in [5.74, 6) is -0.249. The topological polar surface area (TPSA) is 61.4 Å². The number of thiocarbonyl (C=S) groups is 1. The van der Waals surface area contributed by atoms with Crippen LogP contribution in [0.25, 0.3) is 0 Å². The first-order valence-electron chi connectivity index (χ1n) is 7.11. The third-order valence-electron chi connectivity index (χ3n) is 3.29. The predicted molar refractivity (Wildman–Crippen MR) is 89.5 cm³/mol. The lowest BCUT2D eigenvalue weighted by molar-refractivity contribution is 0.0976. The van der Waals surface area contributed by atoms with E-state index < -0.39 is 0 Å². The summed E-state index contributed by atoms with van der Waals surface area (Å²) < 4.78 is 0. The van der Waals surface area contributed by atoms with Crippen LogP contribution in [0.2, 0.25) is 0 Å². The van der Waals surface area contributed by atoms with Crippen LogP contribution in [0.5, 0.6) is 0 Å². The van der Waals surface area contributed by atoms with Crippen molar-refractivity contribution < 1.29 is 9.90 Å². The molecule has 1 unspecified atom stereocenters. The highest BCUT2D eigenvalue weighted by Crippen LogP contribution is 2.22. The molecule has 0 heterocycles. The summed E-state index contributed by atoms with van der Waals surface area (Å²) in [7, 11) is 0. The smallest absolute Gasteiger partial charge is 0.257 e. The Hall–Kier alpha value is -1.46. The van der Waals surface area contributed by atoms with Gasteiger partial charge >= 0.3 is 0 Å². The monoisotopic (exact) mass is 308 g/mol. The number of rotatable bonds is 4. The highest BCUT2D eigenvalue weighted by molar-refractivity contribution is 7.80. The molecule has 0 aromatic heterocycles. The standard InChI is InChI=1S/C16H24N2O2S/c1-5-13(10-19)17-15(21)18-14(20)11-6-8-12(9-7-11)16(2,3)4/h6-9,13,19H,5,10H2,1-4H3,(H2,17,18,20,21). The van der Waals surface area contributed by atoms with Crippen molar-refractivity contribution in [2.75, 3.05) is 6.61 Å². The van der Waals surface area contributed by atoms with Gasteiger partial charge in [-0.15, -0.1) is 0 Å². The van der Waals surface area contributed by atoms with Crippen LogP contribution in [0.1, 0.15) is 50.0 Å². The second-order valence-corrected chi connectivity index (χ2v) is 6.45. The Morgan fingerprint density at radius 1 is 1.29 bits per heavy atom. The van der Waals surface area contributed by atoms with Gasteiger partial charge in [0.25, 0.3) is 5.91 Å². The Bertz CT molecular complexity index is 488. The van der Waals surface area contributed by atoms with Crippen molar-refractivity contribution in [3.05, 3.63) is 35.4 Å². The van der Waals surface area contributed by atoms with Gasteiger partial charge in [-0.25, -0.2) is 0 Å². The van der Waals surface area contributed by atoms with Crippen molar-refractivity contribution in [2.45, 2.75) is 45.6 Å². The Morgan fingerprint density at radius 3 is 2.29 bits per heavy atom. The fraction of sp³-hybridized carbons (Fsp3) is 0.500. The van der Waals surface area contributed by atoms with Gasteiger partial charge in [-0.1, -0.05) is 39.8 Å². The zero-order valence-electron chi connectivity index (χ0n) is 13.1. The zero-order valence-corrected chi connectivity index (χ0v) is 13.9. The van der Waals surface area contributed by atoms with Crippen molar-refractivity contribution in [3.8, 4) is 0 Å². The van der Waals surface area contributed by atoms with Gasteiger partial charge in [0.05, 0.1) is 12.6 Å². The fourth-order valence-corrected chi connectivity index (χ4v) is 2.05. The largest absolute Gasteiger partial charge is 0.394 e. The molecule has 0 spiro atoms. The normalized spacial score (nSPS) is 12.6. The summed E-state index contributed by atoms with van der Waals surface area (Å²) in [6.07, 6.45) is 0.729. The molecule has 0 saturated carbocycles. The molecule has 3 N–H and O–H groups in total. The third-order valence-corrected chi connectivity index (χ3v) is 3.51. The first kappa shape index (κ1) is 17.6. The number of carbonyl (C=O) groups excluding carboxylic acids is 1. The van der Waals surface area contributed by atoms with Gasteiger partial charge in [-0.3, -0.25) is 10.1 Å². The lowest BCUT2D eigenvalue weighted by Crippen LogP contribution is -2.45. The fourth-order valence-electron chi connectivity index (χ4n) is 1.80. The molecule has 5 heteroatoms. The molecule has 1 aromatic carbocycles. The highest BCUT2D eigenvalue weighted by Gasteiger charge is 2.15. The lowest BCUT2D eigenvalue weighted by Gasteiger charge is -2.19. The summed E-state index contributed by atoms with van der Waals surface area (Å²) in [5.41, 5.74) is 1.79. The summed E-state index contributed by atoms with van der Waals surface area (Å²) in [6.45, 7) is 8.29. The SMILES string of the molecule is CCC(CO)NC(=S)NC(=O)c1ccc(C(C)(C)C)cc1. The van der Waals surface area contributed by atoms with Crippen molar-refractivity contribution in [2.24, 2.45) is 0 Å². The van der Waals surface area contributed by atoms with Crippen molar-refractivity contribution >= 4 is 23.2 Å². The van der Waals surface area contributed by atoms with E-state index in [-0.39, 0.29) is 29.1 Å². The second-order valence-electron chi connectivity index (χ2n) is 6.04. The molecule has 4 nitrogen and oxygen atoms in total. The van der Waals surface area contributed by atoms with Crippen molar-refractivity contribution in [1.82, 2.24) is 10.6 Å². The Morgan fingerprint density at radius 2 is 1.86 bits per heavy atom. The minimum atomic E-state index is -0.249. The first-order valence-corrected chi connectivity index (χ1v) is 7.52. The van der Waals surface area contributed by atoms with E-state index in [1.54, 1.807) is 12.1 Å². The molecule has 0 bridgehead atoms. The zero-order chi connectivity index (χ0) is 16.0. The molecule has 1 atom stereocenters. The van der Waals surface area contributed by atoms with Crippen LogP contribution < -0.4 is 10.6 Å². The number of aliphatic hydroxyl groups excluding tert-OH is 1. The highest BCUT2D eigenvalue weighted by atomic mass is 32.1. The minimum Gasteiger partial charge on any atom is -0.394 e. The molecule has 0 aliphatic rings. The van der Waals surface area contributed by atoms with E-state index in [4.69, 9.17) is 17.3 Å². The Labute approximate surface area is 131 Å². The van der Waals surface area contributed by atoms with E-state index in [2.05, 4.69) is 31.4 Å². The number of carbonyl (C=O) groups is 1. The van der Waals surface area contributed by atoms with Gasteiger partial charge in [-0.05, 0) is 41.7 Å². The Balaban J connectivity index is 2.66. The summed E-state index contributed by atoms with van der Waals surface area (Å²) in [4.78, 5) is 12.1. The molecule has 21 heavy (non-hydrogen) atoms. The first-order chi connectivity index (χ1) is 9.77. The molecule has 1 aromatic rings. The van der Waals surface area contributed by atoms with E-state index >= 15 is 0 Å². The molecule has 0 saturated heterocycles. The molecule has 0 radical (unpaired) electrons. The van der Waals surface area contributed by atoms with E-state index in [1.807, 2.05) is 19.1 Å². The van der Waals surface area contributed by atoms with Crippen LogP contribution >= 0.6 is 12.2 Å². The number of hydrogen-bond donors (Lipinski definition) is 3. The number of hydrogen-bond acceptors (Lipinski definition) is 3. The molecular weight excluding hydrogens is 284 g/mol. The average molecular weight is 308 g/mol. The van der Waals surface area contributed by atoms with Crippen LogP contribution in [0.15, 0.2) is 24.3 Å².